The van der Waals surface area contributed by atoms with Gasteiger partial charge in [-0.05, 0) is 54.6 Å². The number of pyridine rings is 1. The largest absolute Gasteiger partial charge is 0.456 e. The Labute approximate surface area is 157 Å². The van der Waals surface area contributed by atoms with Gasteiger partial charge in [-0.15, -0.1) is 0 Å². The summed E-state index contributed by atoms with van der Waals surface area (Å²) in [5, 5.41) is 0.837. The number of halogens is 2. The van der Waals surface area contributed by atoms with Gasteiger partial charge in [0.05, 0.1) is 11.2 Å². The molecule has 0 atom stereocenters. The highest BCUT2D eigenvalue weighted by Gasteiger charge is 2.13. The lowest BCUT2D eigenvalue weighted by Crippen LogP contribution is -2.02. The predicted octanol–water partition coefficient (Wildman–Crippen LogP) is 6.44. The van der Waals surface area contributed by atoms with Gasteiger partial charge in [0.15, 0.2) is 5.78 Å². The number of benzene rings is 2. The van der Waals surface area contributed by atoms with Gasteiger partial charge in [0, 0.05) is 22.3 Å². The third-order valence-corrected chi connectivity index (χ3v) is 3.72. The standard InChI is InChI=1S/C18H11Cl2NO2.C2H6/c19-13-5-8-17(20)16(10-13)18(22)12-3-6-14(7-4-12)23-15-2-1-9-21-11-15;1-2/h1-11H;1-2H3. The van der Waals surface area contributed by atoms with E-state index in [0.717, 1.165) is 0 Å². The third kappa shape index (κ3) is 5.05. The number of carbonyl (C=O) groups excluding carboxylic acids is 1. The van der Waals surface area contributed by atoms with Crippen molar-refractivity contribution >= 4 is 29.0 Å². The average Bonchev–Trinajstić information content (AvgIpc) is 2.66. The summed E-state index contributed by atoms with van der Waals surface area (Å²) in [6.07, 6.45) is 3.29. The molecule has 3 nitrogen and oxygen atoms in total. The molecule has 0 fully saturated rings. The van der Waals surface area contributed by atoms with Crippen molar-refractivity contribution in [2.45, 2.75) is 13.8 Å². The van der Waals surface area contributed by atoms with E-state index in [1.165, 1.54) is 0 Å². The number of carbonyl (C=O) groups is 1. The Morgan fingerprint density at radius 1 is 0.960 bits per heavy atom. The van der Waals surface area contributed by atoms with Gasteiger partial charge in [0.25, 0.3) is 0 Å². The minimum absolute atomic E-state index is 0.189. The van der Waals surface area contributed by atoms with Gasteiger partial charge in [0.2, 0.25) is 0 Å². The Hall–Kier alpha value is -2.36. The molecule has 0 aliphatic carbocycles. The highest BCUT2D eigenvalue weighted by molar-refractivity contribution is 6.36. The quantitative estimate of drug-likeness (QED) is 0.494. The summed E-state index contributed by atoms with van der Waals surface area (Å²) in [7, 11) is 0. The van der Waals surface area contributed by atoms with E-state index in [4.69, 9.17) is 27.9 Å². The van der Waals surface area contributed by atoms with E-state index in [-0.39, 0.29) is 5.78 Å². The van der Waals surface area contributed by atoms with Crippen LogP contribution in [0.2, 0.25) is 10.0 Å². The molecule has 1 heterocycles. The number of hydrogen-bond donors (Lipinski definition) is 0. The molecule has 0 unspecified atom stereocenters. The number of aromatic nitrogens is 1. The lowest BCUT2D eigenvalue weighted by molar-refractivity contribution is 0.103. The first-order chi connectivity index (χ1) is 12.1. The van der Waals surface area contributed by atoms with Crippen LogP contribution >= 0.6 is 23.2 Å². The summed E-state index contributed by atoms with van der Waals surface area (Å²) >= 11 is 12.0. The van der Waals surface area contributed by atoms with Crippen molar-refractivity contribution in [3.8, 4) is 11.5 Å². The van der Waals surface area contributed by atoms with Gasteiger partial charge in [-0.2, -0.15) is 0 Å². The number of hydrogen-bond acceptors (Lipinski definition) is 3. The summed E-state index contributed by atoms with van der Waals surface area (Å²) in [4.78, 5) is 16.5. The highest BCUT2D eigenvalue weighted by Crippen LogP contribution is 2.25. The molecular weight excluding hydrogens is 357 g/mol. The van der Waals surface area contributed by atoms with E-state index in [0.29, 0.717) is 32.7 Å². The van der Waals surface area contributed by atoms with Crippen LogP contribution in [0.25, 0.3) is 0 Å². The molecule has 0 radical (unpaired) electrons. The summed E-state index contributed by atoms with van der Waals surface area (Å²) < 4.78 is 5.64. The van der Waals surface area contributed by atoms with E-state index >= 15 is 0 Å². The molecule has 0 amide bonds. The first-order valence-electron chi connectivity index (χ1n) is 7.81. The molecule has 0 saturated heterocycles. The summed E-state index contributed by atoms with van der Waals surface area (Å²) in [5.41, 5.74) is 0.882. The summed E-state index contributed by atoms with van der Waals surface area (Å²) in [5.74, 6) is 1.06. The summed E-state index contributed by atoms with van der Waals surface area (Å²) in [6.45, 7) is 4.00. The van der Waals surface area contributed by atoms with E-state index in [1.807, 2.05) is 13.8 Å². The first kappa shape index (κ1) is 19.0. The summed E-state index contributed by atoms with van der Waals surface area (Å²) in [6, 6.07) is 15.2. The number of rotatable bonds is 4. The molecule has 3 aromatic rings. The number of nitrogens with zero attached hydrogens (tertiary/aromatic N) is 1. The van der Waals surface area contributed by atoms with Gasteiger partial charge < -0.3 is 4.74 Å². The molecule has 0 bridgehead atoms. The first-order valence-corrected chi connectivity index (χ1v) is 8.57. The van der Waals surface area contributed by atoms with Crippen molar-refractivity contribution in [1.82, 2.24) is 4.98 Å². The maximum atomic E-state index is 12.5. The second kappa shape index (κ2) is 9.21. The molecule has 0 aliphatic rings. The topological polar surface area (TPSA) is 39.2 Å². The maximum Gasteiger partial charge on any atom is 0.194 e. The zero-order valence-corrected chi connectivity index (χ0v) is 15.4. The molecule has 0 saturated carbocycles. The van der Waals surface area contributed by atoms with Gasteiger partial charge in [-0.3, -0.25) is 9.78 Å². The van der Waals surface area contributed by atoms with Gasteiger partial charge in [0.1, 0.15) is 11.5 Å². The van der Waals surface area contributed by atoms with Crippen molar-refractivity contribution in [3.05, 3.63) is 88.2 Å². The van der Waals surface area contributed by atoms with Crippen LogP contribution in [-0.2, 0) is 0 Å². The Kier molecular flexibility index (Phi) is 6.99. The van der Waals surface area contributed by atoms with Crippen LogP contribution < -0.4 is 4.74 Å². The Morgan fingerprint density at radius 2 is 1.68 bits per heavy atom. The third-order valence-electron chi connectivity index (χ3n) is 3.16. The van der Waals surface area contributed by atoms with Gasteiger partial charge in [-0.25, -0.2) is 0 Å². The Bertz CT molecular complexity index is 834. The Balaban J connectivity index is 0.00000109. The van der Waals surface area contributed by atoms with Crippen molar-refractivity contribution in [2.75, 3.05) is 0 Å². The van der Waals surface area contributed by atoms with Crippen molar-refractivity contribution in [1.29, 1.82) is 0 Å². The highest BCUT2D eigenvalue weighted by atomic mass is 35.5. The van der Waals surface area contributed by atoms with E-state index < -0.39 is 0 Å². The smallest absolute Gasteiger partial charge is 0.194 e. The zero-order valence-electron chi connectivity index (χ0n) is 13.9. The van der Waals surface area contributed by atoms with Crippen LogP contribution in [-0.4, -0.2) is 10.8 Å². The second-order valence-electron chi connectivity index (χ2n) is 4.77. The molecular formula is C20H17Cl2NO2. The molecule has 128 valence electrons. The SMILES string of the molecule is CC.O=C(c1ccc(Oc2cccnc2)cc1)c1cc(Cl)ccc1Cl. The maximum absolute atomic E-state index is 12.5. The minimum atomic E-state index is -0.189. The molecule has 3 rings (SSSR count). The van der Waals surface area contributed by atoms with E-state index in [2.05, 4.69) is 4.98 Å². The van der Waals surface area contributed by atoms with Crippen LogP contribution in [0.5, 0.6) is 11.5 Å². The molecule has 1 aromatic heterocycles. The predicted molar refractivity (Wildman–Crippen MR) is 102 cm³/mol. The Morgan fingerprint density at radius 3 is 2.32 bits per heavy atom. The van der Waals surface area contributed by atoms with Crippen molar-refractivity contribution < 1.29 is 9.53 Å². The van der Waals surface area contributed by atoms with Crippen LogP contribution in [0.3, 0.4) is 0 Å². The van der Waals surface area contributed by atoms with E-state index in [9.17, 15) is 4.79 Å². The van der Waals surface area contributed by atoms with E-state index in [1.54, 1.807) is 67.0 Å². The lowest BCUT2D eigenvalue weighted by Gasteiger charge is -2.07. The van der Waals surface area contributed by atoms with Crippen LogP contribution in [0.4, 0.5) is 0 Å². The molecule has 25 heavy (non-hydrogen) atoms. The normalized spacial score (nSPS) is 9.76. The van der Waals surface area contributed by atoms with Crippen LogP contribution in [0.15, 0.2) is 67.0 Å². The van der Waals surface area contributed by atoms with Crippen LogP contribution in [0.1, 0.15) is 29.8 Å². The monoisotopic (exact) mass is 373 g/mol. The fourth-order valence-electron chi connectivity index (χ4n) is 2.04. The number of ether oxygens (including phenoxy) is 1. The minimum Gasteiger partial charge on any atom is -0.456 e. The van der Waals surface area contributed by atoms with Gasteiger partial charge >= 0.3 is 0 Å². The average molecular weight is 374 g/mol. The second-order valence-corrected chi connectivity index (χ2v) is 5.61. The lowest BCUT2D eigenvalue weighted by atomic mass is 10.0. The fourth-order valence-corrected chi connectivity index (χ4v) is 2.42. The fraction of sp³-hybridized carbons (Fsp3) is 0.100. The molecule has 5 heteroatoms. The zero-order chi connectivity index (χ0) is 18.2. The van der Waals surface area contributed by atoms with Gasteiger partial charge in [-0.1, -0.05) is 37.0 Å². The number of ketones is 1. The van der Waals surface area contributed by atoms with Crippen LogP contribution in [0, 0.1) is 0 Å². The molecule has 2 aromatic carbocycles. The molecule has 0 spiro atoms. The molecule has 0 aliphatic heterocycles. The molecule has 0 N–H and O–H groups in total. The van der Waals surface area contributed by atoms with Crippen molar-refractivity contribution in [3.63, 3.8) is 0 Å². The van der Waals surface area contributed by atoms with Crippen molar-refractivity contribution in [2.24, 2.45) is 0 Å².